The topological polar surface area (TPSA) is 22.1 Å². The highest BCUT2D eigenvalue weighted by Crippen LogP contribution is 2.42. The first-order chi connectivity index (χ1) is 10.7. The molecule has 1 aliphatic heterocycles. The van der Waals surface area contributed by atoms with Crippen LogP contribution < -0.4 is 4.74 Å². The molecule has 22 heavy (non-hydrogen) atoms. The van der Waals surface area contributed by atoms with E-state index < -0.39 is 0 Å². The Labute approximate surface area is 130 Å². The monoisotopic (exact) mass is 289 g/mol. The van der Waals surface area contributed by atoms with Crippen molar-refractivity contribution < 1.29 is 4.74 Å². The van der Waals surface area contributed by atoms with Crippen LogP contribution in [0.25, 0.3) is 10.9 Å². The molecule has 2 aromatic carbocycles. The van der Waals surface area contributed by atoms with Crippen LogP contribution in [0.4, 0.5) is 0 Å². The van der Waals surface area contributed by atoms with E-state index in [0.29, 0.717) is 11.8 Å². The van der Waals surface area contributed by atoms with Crippen LogP contribution in [0.2, 0.25) is 0 Å². The lowest BCUT2D eigenvalue weighted by Gasteiger charge is -2.32. The Morgan fingerprint density at radius 1 is 1.00 bits per heavy atom. The lowest BCUT2D eigenvalue weighted by molar-refractivity contribution is 0.243. The fourth-order valence-electron chi connectivity index (χ4n) is 3.49. The van der Waals surface area contributed by atoms with Crippen molar-refractivity contribution >= 4 is 10.9 Å². The molecule has 110 valence electrons. The predicted molar refractivity (Wildman–Crippen MR) is 89.6 cm³/mol. The largest absolute Gasteiger partial charge is 0.493 e. The van der Waals surface area contributed by atoms with E-state index in [1.54, 1.807) is 0 Å². The van der Waals surface area contributed by atoms with Gasteiger partial charge in [-0.15, -0.1) is 0 Å². The third kappa shape index (κ3) is 2.07. The van der Waals surface area contributed by atoms with Crippen LogP contribution in [0.1, 0.15) is 35.6 Å². The molecule has 0 N–H and O–H groups in total. The molecule has 0 saturated carbocycles. The number of hydrogen-bond donors (Lipinski definition) is 0. The van der Waals surface area contributed by atoms with Crippen LogP contribution in [0.15, 0.2) is 54.6 Å². The van der Waals surface area contributed by atoms with E-state index in [-0.39, 0.29) is 0 Å². The van der Waals surface area contributed by atoms with Crippen molar-refractivity contribution in [3.8, 4) is 5.75 Å². The minimum absolute atomic E-state index is 0.354. The van der Waals surface area contributed by atoms with Crippen molar-refractivity contribution in [3.05, 3.63) is 71.4 Å². The van der Waals surface area contributed by atoms with Gasteiger partial charge in [-0.1, -0.05) is 43.3 Å². The summed E-state index contributed by atoms with van der Waals surface area (Å²) in [5, 5.41) is 1.20. The second-order valence-electron chi connectivity index (χ2n) is 6.10. The second kappa shape index (κ2) is 5.13. The summed E-state index contributed by atoms with van der Waals surface area (Å²) in [6.45, 7) is 5.12. The minimum atomic E-state index is 0.354. The molecular weight excluding hydrogens is 270 g/mol. The second-order valence-corrected chi connectivity index (χ2v) is 6.10. The summed E-state index contributed by atoms with van der Waals surface area (Å²) in [4.78, 5) is 4.79. The van der Waals surface area contributed by atoms with Crippen molar-refractivity contribution in [2.45, 2.75) is 25.7 Å². The lowest BCUT2D eigenvalue weighted by atomic mass is 9.80. The maximum Gasteiger partial charge on any atom is 0.122 e. The van der Waals surface area contributed by atoms with Crippen LogP contribution in [0.5, 0.6) is 5.75 Å². The van der Waals surface area contributed by atoms with E-state index in [9.17, 15) is 0 Å². The molecule has 0 fully saturated rings. The maximum atomic E-state index is 6.00. The van der Waals surface area contributed by atoms with Crippen LogP contribution >= 0.6 is 0 Å². The first-order valence-corrected chi connectivity index (χ1v) is 7.82. The van der Waals surface area contributed by atoms with Crippen molar-refractivity contribution in [3.63, 3.8) is 0 Å². The van der Waals surface area contributed by atoms with E-state index in [4.69, 9.17) is 9.72 Å². The summed E-state index contributed by atoms with van der Waals surface area (Å²) in [7, 11) is 0. The highest BCUT2D eigenvalue weighted by Gasteiger charge is 2.30. The Morgan fingerprint density at radius 3 is 2.68 bits per heavy atom. The summed E-state index contributed by atoms with van der Waals surface area (Å²) in [6.07, 6.45) is 0. The Kier molecular flexibility index (Phi) is 3.11. The van der Waals surface area contributed by atoms with Crippen LogP contribution in [-0.2, 0) is 0 Å². The zero-order chi connectivity index (χ0) is 15.1. The third-order valence-corrected chi connectivity index (χ3v) is 4.78. The number of nitrogens with zero attached hydrogens (tertiary/aromatic N) is 1. The first-order valence-electron chi connectivity index (χ1n) is 7.82. The van der Waals surface area contributed by atoms with Gasteiger partial charge < -0.3 is 4.74 Å². The van der Waals surface area contributed by atoms with E-state index in [0.717, 1.165) is 23.6 Å². The number of hydrogen-bond acceptors (Lipinski definition) is 2. The average Bonchev–Trinajstić information content (AvgIpc) is 2.55. The molecule has 3 aromatic rings. The average molecular weight is 289 g/mol. The number of benzene rings is 2. The van der Waals surface area contributed by atoms with Gasteiger partial charge in [0.15, 0.2) is 0 Å². The minimum Gasteiger partial charge on any atom is -0.493 e. The molecule has 0 radical (unpaired) electrons. The molecule has 2 heteroatoms. The van der Waals surface area contributed by atoms with Gasteiger partial charge >= 0.3 is 0 Å². The summed E-state index contributed by atoms with van der Waals surface area (Å²) in [5.74, 6) is 1.82. The number of pyridine rings is 1. The number of ether oxygens (including phenoxy) is 1. The zero-order valence-corrected chi connectivity index (χ0v) is 12.9. The quantitative estimate of drug-likeness (QED) is 0.640. The standard InChI is InChI=1S/C20H19NO/c1-13-16-8-4-6-10-20(16)22-12-18(13)17-11-15-7-3-5-9-19(15)21-14(17)2/h3-11,13,18H,12H2,1-2H3/t13-,18?/m1/s1. The van der Waals surface area contributed by atoms with Crippen molar-refractivity contribution in [1.82, 2.24) is 4.98 Å². The van der Waals surface area contributed by atoms with Gasteiger partial charge in [0.25, 0.3) is 0 Å². The highest BCUT2D eigenvalue weighted by molar-refractivity contribution is 5.79. The van der Waals surface area contributed by atoms with E-state index >= 15 is 0 Å². The van der Waals surface area contributed by atoms with Crippen molar-refractivity contribution in [1.29, 1.82) is 0 Å². The molecule has 4 rings (SSSR count). The Morgan fingerprint density at radius 2 is 1.77 bits per heavy atom. The molecule has 1 aliphatic rings. The molecule has 1 aromatic heterocycles. The van der Waals surface area contributed by atoms with Gasteiger partial charge in [-0.25, -0.2) is 0 Å². The fraction of sp³-hybridized carbons (Fsp3) is 0.250. The number of aryl methyl sites for hydroxylation is 1. The molecule has 0 spiro atoms. The van der Waals surface area contributed by atoms with E-state index in [1.807, 2.05) is 12.1 Å². The SMILES string of the molecule is Cc1nc2ccccc2cc1C1COc2ccccc2[C@H]1C. The summed E-state index contributed by atoms with van der Waals surface area (Å²) in [5.41, 5.74) is 4.78. The first kappa shape index (κ1) is 13.3. The van der Waals surface area contributed by atoms with Gasteiger partial charge in [-0.2, -0.15) is 0 Å². The van der Waals surface area contributed by atoms with Crippen LogP contribution in [0, 0.1) is 6.92 Å². The fourth-order valence-corrected chi connectivity index (χ4v) is 3.49. The number of para-hydroxylation sites is 2. The third-order valence-electron chi connectivity index (χ3n) is 4.78. The normalized spacial score (nSPS) is 20.5. The van der Waals surface area contributed by atoms with Gasteiger partial charge in [0.05, 0.1) is 12.1 Å². The molecule has 2 atom stereocenters. The summed E-state index contributed by atoms with van der Waals surface area (Å²) < 4.78 is 6.00. The molecule has 2 nitrogen and oxygen atoms in total. The number of aromatic nitrogens is 1. The Balaban J connectivity index is 1.81. The Hall–Kier alpha value is -2.35. The molecule has 0 saturated heterocycles. The molecular formula is C20H19NO. The maximum absolute atomic E-state index is 6.00. The molecule has 0 aliphatic carbocycles. The molecule has 0 amide bonds. The summed E-state index contributed by atoms with van der Waals surface area (Å²) in [6, 6.07) is 19.0. The van der Waals surface area contributed by atoms with E-state index in [1.165, 1.54) is 16.5 Å². The molecule has 2 heterocycles. The Bertz CT molecular complexity index is 840. The smallest absolute Gasteiger partial charge is 0.122 e. The lowest BCUT2D eigenvalue weighted by Crippen LogP contribution is -2.23. The molecule has 0 bridgehead atoms. The number of rotatable bonds is 1. The van der Waals surface area contributed by atoms with Gasteiger partial charge in [0, 0.05) is 17.0 Å². The van der Waals surface area contributed by atoms with Crippen molar-refractivity contribution in [2.75, 3.05) is 6.61 Å². The van der Waals surface area contributed by atoms with Gasteiger partial charge in [-0.3, -0.25) is 4.98 Å². The summed E-state index contributed by atoms with van der Waals surface area (Å²) >= 11 is 0. The van der Waals surface area contributed by atoms with Crippen molar-refractivity contribution in [2.24, 2.45) is 0 Å². The van der Waals surface area contributed by atoms with Crippen LogP contribution in [-0.4, -0.2) is 11.6 Å². The van der Waals surface area contributed by atoms with Gasteiger partial charge in [0.1, 0.15) is 5.75 Å². The molecule has 1 unspecified atom stereocenters. The van der Waals surface area contributed by atoms with Crippen LogP contribution in [0.3, 0.4) is 0 Å². The van der Waals surface area contributed by atoms with Gasteiger partial charge in [0.2, 0.25) is 0 Å². The van der Waals surface area contributed by atoms with E-state index in [2.05, 4.69) is 56.3 Å². The zero-order valence-electron chi connectivity index (χ0n) is 12.9. The highest BCUT2D eigenvalue weighted by atomic mass is 16.5. The number of fused-ring (bicyclic) bond motifs is 2. The predicted octanol–water partition coefficient (Wildman–Crippen LogP) is 4.82. The van der Waals surface area contributed by atoms with Gasteiger partial charge in [-0.05, 0) is 42.2 Å².